The van der Waals surface area contributed by atoms with Crippen LogP contribution in [0, 0.1) is 0 Å². The molecular formula is C23H23ClN2O5S. The van der Waals surface area contributed by atoms with Crippen LogP contribution < -0.4 is 19.5 Å². The van der Waals surface area contributed by atoms with Crippen LogP contribution in [-0.2, 0) is 16.4 Å². The third-order valence-electron chi connectivity index (χ3n) is 4.68. The van der Waals surface area contributed by atoms with Crippen molar-refractivity contribution >= 4 is 33.2 Å². The molecule has 0 saturated heterocycles. The number of ether oxygens (including phenoxy) is 2. The summed E-state index contributed by atoms with van der Waals surface area (Å²) in [6, 6.07) is 18.1. The number of carbonyl (C=O) groups is 1. The van der Waals surface area contributed by atoms with Crippen molar-refractivity contribution in [3.63, 3.8) is 0 Å². The molecule has 168 valence electrons. The Labute approximate surface area is 192 Å². The molecule has 1 amide bonds. The molecule has 2 N–H and O–H groups in total. The molecular weight excluding hydrogens is 452 g/mol. The van der Waals surface area contributed by atoms with Gasteiger partial charge in [0, 0.05) is 17.8 Å². The Morgan fingerprint density at radius 2 is 1.50 bits per heavy atom. The maximum Gasteiger partial charge on any atom is 0.263 e. The lowest BCUT2D eigenvalue weighted by Crippen LogP contribution is -2.26. The number of benzene rings is 3. The summed E-state index contributed by atoms with van der Waals surface area (Å²) in [6.07, 6.45) is 0.619. The monoisotopic (exact) mass is 474 g/mol. The minimum atomic E-state index is -4.00. The Kier molecular flexibility index (Phi) is 7.61. The lowest BCUT2D eigenvalue weighted by atomic mass is 10.1. The molecule has 0 unspecified atom stereocenters. The van der Waals surface area contributed by atoms with E-state index in [-0.39, 0.29) is 15.5 Å². The average Bonchev–Trinajstić information content (AvgIpc) is 2.80. The second-order valence-corrected chi connectivity index (χ2v) is 8.89. The first kappa shape index (κ1) is 23.4. The summed E-state index contributed by atoms with van der Waals surface area (Å²) < 4.78 is 38.3. The number of halogens is 1. The van der Waals surface area contributed by atoms with E-state index in [1.165, 1.54) is 25.3 Å². The Bertz CT molecular complexity index is 1180. The zero-order valence-corrected chi connectivity index (χ0v) is 19.2. The highest BCUT2D eigenvalue weighted by Crippen LogP contribution is 2.26. The van der Waals surface area contributed by atoms with E-state index in [1.54, 1.807) is 31.4 Å². The van der Waals surface area contributed by atoms with Crippen LogP contribution in [0.2, 0.25) is 5.02 Å². The van der Waals surface area contributed by atoms with Gasteiger partial charge >= 0.3 is 0 Å². The third-order valence-corrected chi connectivity index (χ3v) is 6.55. The maximum absolute atomic E-state index is 12.8. The van der Waals surface area contributed by atoms with Crippen molar-refractivity contribution in [2.45, 2.75) is 11.3 Å². The van der Waals surface area contributed by atoms with E-state index in [2.05, 4.69) is 10.0 Å². The minimum absolute atomic E-state index is 0.0146. The van der Waals surface area contributed by atoms with Crippen LogP contribution in [0.1, 0.15) is 15.9 Å². The molecule has 0 aromatic heterocycles. The first-order valence-corrected chi connectivity index (χ1v) is 11.6. The van der Waals surface area contributed by atoms with Gasteiger partial charge in [-0.15, -0.1) is 0 Å². The molecule has 0 atom stereocenters. The number of carbonyl (C=O) groups excluding carboxylic acids is 1. The van der Waals surface area contributed by atoms with Crippen LogP contribution in [0.5, 0.6) is 11.5 Å². The summed E-state index contributed by atoms with van der Waals surface area (Å²) in [6.45, 7) is 0.389. The Balaban J connectivity index is 1.68. The average molecular weight is 475 g/mol. The number of sulfonamides is 1. The fourth-order valence-corrected chi connectivity index (χ4v) is 4.52. The molecule has 0 heterocycles. The van der Waals surface area contributed by atoms with E-state index < -0.39 is 15.9 Å². The van der Waals surface area contributed by atoms with Crippen molar-refractivity contribution in [3.05, 3.63) is 82.9 Å². The minimum Gasteiger partial charge on any atom is -0.497 e. The van der Waals surface area contributed by atoms with E-state index >= 15 is 0 Å². The second kappa shape index (κ2) is 10.4. The van der Waals surface area contributed by atoms with Gasteiger partial charge in [0.25, 0.3) is 15.9 Å². The smallest absolute Gasteiger partial charge is 0.263 e. The maximum atomic E-state index is 12.8. The van der Waals surface area contributed by atoms with Crippen molar-refractivity contribution < 1.29 is 22.7 Å². The van der Waals surface area contributed by atoms with Crippen LogP contribution in [0.3, 0.4) is 0 Å². The van der Waals surface area contributed by atoms with Crippen molar-refractivity contribution in [3.8, 4) is 11.5 Å². The number of methoxy groups -OCH3 is 2. The van der Waals surface area contributed by atoms with Gasteiger partial charge in [-0.2, -0.15) is 0 Å². The lowest BCUT2D eigenvalue weighted by Gasteiger charge is -2.12. The molecule has 3 aromatic rings. The van der Waals surface area contributed by atoms with Gasteiger partial charge in [0.05, 0.1) is 19.2 Å². The summed E-state index contributed by atoms with van der Waals surface area (Å²) in [5.74, 6) is 0.964. The highest BCUT2D eigenvalue weighted by atomic mass is 35.5. The summed E-state index contributed by atoms with van der Waals surface area (Å²) in [7, 11) is -0.884. The number of nitrogens with one attached hydrogen (secondary N) is 2. The molecule has 9 heteroatoms. The lowest BCUT2D eigenvalue weighted by molar-refractivity contribution is 0.0954. The van der Waals surface area contributed by atoms with Gasteiger partial charge in [-0.1, -0.05) is 23.7 Å². The molecule has 0 aliphatic rings. The van der Waals surface area contributed by atoms with Crippen molar-refractivity contribution in [2.75, 3.05) is 25.5 Å². The van der Waals surface area contributed by atoms with Crippen LogP contribution >= 0.6 is 11.6 Å². The molecule has 32 heavy (non-hydrogen) atoms. The highest BCUT2D eigenvalue weighted by Gasteiger charge is 2.20. The molecule has 0 aliphatic heterocycles. The summed E-state index contributed by atoms with van der Waals surface area (Å²) in [4.78, 5) is 12.4. The predicted molar refractivity (Wildman–Crippen MR) is 124 cm³/mol. The molecule has 7 nitrogen and oxygen atoms in total. The topological polar surface area (TPSA) is 93.7 Å². The van der Waals surface area contributed by atoms with Crippen LogP contribution in [0.15, 0.2) is 71.6 Å². The van der Waals surface area contributed by atoms with Crippen molar-refractivity contribution in [1.82, 2.24) is 5.32 Å². The van der Waals surface area contributed by atoms with Gasteiger partial charge in [0.15, 0.2) is 0 Å². The first-order valence-electron chi connectivity index (χ1n) is 9.70. The van der Waals surface area contributed by atoms with Gasteiger partial charge < -0.3 is 14.8 Å². The van der Waals surface area contributed by atoms with E-state index in [0.717, 1.165) is 11.3 Å². The summed E-state index contributed by atoms with van der Waals surface area (Å²) in [5, 5.41) is 2.81. The van der Waals surface area contributed by atoms with Gasteiger partial charge in [-0.3, -0.25) is 9.52 Å². The Hall–Kier alpha value is -3.23. The van der Waals surface area contributed by atoms with E-state index in [0.29, 0.717) is 24.4 Å². The van der Waals surface area contributed by atoms with Crippen molar-refractivity contribution in [1.29, 1.82) is 0 Å². The largest absolute Gasteiger partial charge is 0.497 e. The standard InChI is InChI=1S/C23H23ClN2O5S/c1-30-19-8-3-16(4-9-19)13-14-25-23(27)17-5-12-21(24)22(15-17)32(28,29)26-18-6-10-20(31-2)11-7-18/h3-12,15,26H,13-14H2,1-2H3,(H,25,27). The first-order chi connectivity index (χ1) is 15.3. The number of anilines is 1. The SMILES string of the molecule is COc1ccc(CCNC(=O)c2ccc(Cl)c(S(=O)(=O)Nc3ccc(OC)cc3)c2)cc1. The van der Waals surface area contributed by atoms with Crippen LogP contribution in [0.25, 0.3) is 0 Å². The third kappa shape index (κ3) is 5.93. The molecule has 0 bridgehead atoms. The van der Waals surface area contributed by atoms with Gasteiger partial charge in [0.1, 0.15) is 16.4 Å². The molecule has 0 spiro atoms. The second-order valence-electron chi connectivity index (χ2n) is 6.83. The number of hydrogen-bond donors (Lipinski definition) is 2. The molecule has 3 rings (SSSR count). The van der Waals surface area contributed by atoms with E-state index in [4.69, 9.17) is 21.1 Å². The van der Waals surface area contributed by atoms with Gasteiger partial charge in [-0.25, -0.2) is 8.42 Å². The van der Waals surface area contributed by atoms with E-state index in [9.17, 15) is 13.2 Å². The van der Waals surface area contributed by atoms with Crippen LogP contribution in [0.4, 0.5) is 5.69 Å². The fraction of sp³-hybridized carbons (Fsp3) is 0.174. The molecule has 0 radical (unpaired) electrons. The molecule has 0 fully saturated rings. The number of amides is 1. The van der Waals surface area contributed by atoms with Crippen molar-refractivity contribution in [2.24, 2.45) is 0 Å². The zero-order chi connectivity index (χ0) is 23.1. The van der Waals surface area contributed by atoms with Gasteiger partial charge in [0.2, 0.25) is 0 Å². The quantitative estimate of drug-likeness (QED) is 0.486. The fourth-order valence-electron chi connectivity index (χ4n) is 2.93. The predicted octanol–water partition coefficient (Wildman–Crippen LogP) is 4.13. The zero-order valence-electron chi connectivity index (χ0n) is 17.6. The number of rotatable bonds is 9. The number of hydrogen-bond acceptors (Lipinski definition) is 5. The normalized spacial score (nSPS) is 11.0. The molecule has 3 aromatic carbocycles. The van der Waals surface area contributed by atoms with E-state index in [1.807, 2.05) is 24.3 Å². The molecule has 0 aliphatic carbocycles. The van der Waals surface area contributed by atoms with Crippen LogP contribution in [-0.4, -0.2) is 35.1 Å². The highest BCUT2D eigenvalue weighted by molar-refractivity contribution is 7.92. The summed E-state index contributed by atoms with van der Waals surface area (Å²) in [5.41, 5.74) is 1.57. The van der Waals surface area contributed by atoms with Gasteiger partial charge in [-0.05, 0) is 66.6 Å². The Morgan fingerprint density at radius 1 is 0.906 bits per heavy atom. The summed E-state index contributed by atoms with van der Waals surface area (Å²) >= 11 is 6.13. The Morgan fingerprint density at radius 3 is 2.09 bits per heavy atom. The molecule has 0 saturated carbocycles.